The van der Waals surface area contributed by atoms with Gasteiger partial charge < -0.3 is 9.80 Å². The number of allylic oxidation sites excluding steroid dienone is 1. The lowest BCUT2D eigenvalue weighted by Crippen LogP contribution is -2.46. The van der Waals surface area contributed by atoms with Gasteiger partial charge in [0.15, 0.2) is 5.78 Å². The van der Waals surface area contributed by atoms with Gasteiger partial charge in [0.2, 0.25) is 0 Å². The fourth-order valence-electron chi connectivity index (χ4n) is 7.26. The maximum atomic E-state index is 14.2. The van der Waals surface area contributed by atoms with Crippen LogP contribution in [0.5, 0.6) is 0 Å². The fourth-order valence-corrected chi connectivity index (χ4v) is 7.89. The highest BCUT2D eigenvalue weighted by atomic mass is 32.2. The highest BCUT2D eigenvalue weighted by Crippen LogP contribution is 2.50. The monoisotopic (exact) mass is 628 g/mol. The van der Waals surface area contributed by atoms with Crippen molar-refractivity contribution in [3.8, 4) is 0 Å². The standard InChI is InChI=1S/C32H40N2O4S.O3S/c1-10-33-27-14-25-23(12-21(27)19(3)16-30(33,4)5)29(35)24-13-22-20(18-39(36,37)38)17-31(6,7)34(11-2)28(22)15-26(24)32(25,8)9;1-4(2)3/h12-17H,10-11,18H2,1-9H3,(H,36,37,38);. The zero-order chi connectivity index (χ0) is 32.4. The molecule has 0 unspecified atom stereocenters. The van der Waals surface area contributed by atoms with Crippen LogP contribution < -0.4 is 9.80 Å². The lowest BCUT2D eigenvalue weighted by molar-refractivity contribution is 0.103. The second-order valence-corrected chi connectivity index (χ2v) is 14.9. The van der Waals surface area contributed by atoms with Crippen molar-refractivity contribution in [3.63, 3.8) is 0 Å². The number of rotatable bonds is 4. The van der Waals surface area contributed by atoms with Gasteiger partial charge in [0, 0.05) is 52.1 Å². The van der Waals surface area contributed by atoms with Gasteiger partial charge in [0.05, 0.1) is 11.1 Å². The largest absolute Gasteiger partial charge is 0.425 e. The average molecular weight is 629 g/mol. The van der Waals surface area contributed by atoms with Crippen LogP contribution in [-0.2, 0) is 26.1 Å². The van der Waals surface area contributed by atoms with E-state index in [1.807, 2.05) is 26.0 Å². The van der Waals surface area contributed by atoms with Crippen LogP contribution >= 0.6 is 0 Å². The maximum absolute atomic E-state index is 14.2. The Labute approximate surface area is 256 Å². The van der Waals surface area contributed by atoms with Crippen molar-refractivity contribution in [2.45, 2.75) is 78.8 Å². The molecule has 0 fully saturated rings. The topological polar surface area (TPSA) is 129 Å². The van der Waals surface area contributed by atoms with E-state index in [1.54, 1.807) is 0 Å². The summed E-state index contributed by atoms with van der Waals surface area (Å²) in [5, 5.41) is 0. The van der Waals surface area contributed by atoms with E-state index in [9.17, 15) is 17.8 Å². The maximum Gasteiger partial charge on any atom is 0.425 e. The quantitative estimate of drug-likeness (QED) is 0.439. The van der Waals surface area contributed by atoms with Crippen LogP contribution in [-0.4, -0.2) is 61.3 Å². The van der Waals surface area contributed by atoms with Crippen LogP contribution in [0.15, 0.2) is 36.4 Å². The van der Waals surface area contributed by atoms with Crippen LogP contribution in [0.1, 0.15) is 100 Å². The lowest BCUT2D eigenvalue weighted by Gasteiger charge is -2.46. The van der Waals surface area contributed by atoms with Crippen molar-refractivity contribution < 1.29 is 30.4 Å². The predicted molar refractivity (Wildman–Crippen MR) is 170 cm³/mol. The van der Waals surface area contributed by atoms with E-state index in [4.69, 9.17) is 12.6 Å². The highest BCUT2D eigenvalue weighted by Gasteiger charge is 2.42. The van der Waals surface area contributed by atoms with Gasteiger partial charge in [-0.25, -0.2) is 0 Å². The predicted octanol–water partition coefficient (Wildman–Crippen LogP) is 5.46. The third-order valence-corrected chi connectivity index (χ3v) is 9.59. The van der Waals surface area contributed by atoms with E-state index in [0.29, 0.717) is 28.8 Å². The molecule has 2 aliphatic heterocycles. The molecule has 0 amide bonds. The molecule has 2 aromatic rings. The Morgan fingerprint density at radius 1 is 0.744 bits per heavy atom. The zero-order valence-corrected chi connectivity index (χ0v) is 27.8. The lowest BCUT2D eigenvalue weighted by atomic mass is 9.66. The number of fused-ring (bicyclic) bond motifs is 4. The van der Waals surface area contributed by atoms with Crippen molar-refractivity contribution in [1.29, 1.82) is 0 Å². The van der Waals surface area contributed by atoms with Gasteiger partial charge >= 0.3 is 10.6 Å². The molecule has 2 aromatic carbocycles. The first kappa shape index (κ1) is 32.6. The summed E-state index contributed by atoms with van der Waals surface area (Å²) in [7, 11) is -7.37. The molecule has 1 aliphatic carbocycles. The highest BCUT2D eigenvalue weighted by molar-refractivity contribution is 7.86. The summed E-state index contributed by atoms with van der Waals surface area (Å²) in [6.07, 6.45) is 4.17. The Hall–Kier alpha value is -3.28. The average Bonchev–Trinajstić information content (AvgIpc) is 2.84. The molecule has 43 heavy (non-hydrogen) atoms. The Morgan fingerprint density at radius 2 is 1.16 bits per heavy atom. The van der Waals surface area contributed by atoms with Crippen LogP contribution in [0.3, 0.4) is 0 Å². The third kappa shape index (κ3) is 5.70. The minimum Gasteiger partial charge on any atom is -0.363 e. The van der Waals surface area contributed by atoms with Crippen LogP contribution in [0.2, 0.25) is 0 Å². The molecule has 0 bridgehead atoms. The van der Waals surface area contributed by atoms with Gasteiger partial charge in [-0.3, -0.25) is 9.35 Å². The molecule has 2 heterocycles. The SMILES string of the molecule is CCN1c2cc3c(cc2C(C)=CC1(C)C)C(=O)c1cc2c(cc1C3(C)C)N(CC)C(C)(C)C=C2CS(=O)(=O)O.O=S(=O)=O. The molecule has 11 heteroatoms. The van der Waals surface area contributed by atoms with Gasteiger partial charge in [0.1, 0.15) is 5.75 Å². The number of anilines is 2. The molecular weight excluding hydrogens is 588 g/mol. The molecule has 0 saturated heterocycles. The van der Waals surface area contributed by atoms with Gasteiger partial charge in [-0.2, -0.15) is 8.42 Å². The summed E-state index contributed by atoms with van der Waals surface area (Å²) in [5.41, 5.74) is 7.64. The normalized spacial score (nSPS) is 19.1. The summed E-state index contributed by atoms with van der Waals surface area (Å²) in [5.74, 6) is -0.543. The second-order valence-electron chi connectivity index (χ2n) is 13.0. The first-order chi connectivity index (χ1) is 19.7. The summed E-state index contributed by atoms with van der Waals surface area (Å²) in [6, 6.07) is 8.21. The molecule has 0 spiro atoms. The van der Waals surface area contributed by atoms with Gasteiger partial charge in [0.25, 0.3) is 10.1 Å². The van der Waals surface area contributed by atoms with E-state index in [-0.39, 0.29) is 11.3 Å². The molecule has 5 rings (SSSR count). The number of hydrogen-bond donors (Lipinski definition) is 1. The molecule has 0 saturated carbocycles. The van der Waals surface area contributed by atoms with Crippen LogP contribution in [0.25, 0.3) is 11.1 Å². The first-order valence-electron chi connectivity index (χ1n) is 14.3. The molecule has 0 atom stereocenters. The fraction of sp³-hybridized carbons (Fsp3) is 0.469. The van der Waals surface area contributed by atoms with Crippen molar-refractivity contribution >= 4 is 49.0 Å². The summed E-state index contributed by atoms with van der Waals surface area (Å²) < 4.78 is 59.0. The summed E-state index contributed by atoms with van der Waals surface area (Å²) >= 11 is 0. The zero-order valence-electron chi connectivity index (χ0n) is 26.2. The van der Waals surface area contributed by atoms with E-state index in [1.165, 1.54) is 0 Å². The molecular formula is C32H40N2O7S2. The number of hydrogen-bond acceptors (Lipinski definition) is 8. The van der Waals surface area contributed by atoms with E-state index < -0.39 is 37.4 Å². The number of benzene rings is 2. The van der Waals surface area contributed by atoms with E-state index >= 15 is 0 Å². The number of likely N-dealkylation sites (N-methyl/N-ethyl adjacent to an activating group) is 2. The number of ketones is 1. The van der Waals surface area contributed by atoms with Crippen molar-refractivity contribution in [2.24, 2.45) is 0 Å². The van der Waals surface area contributed by atoms with Crippen LogP contribution in [0.4, 0.5) is 11.4 Å². The third-order valence-electron chi connectivity index (χ3n) is 8.92. The molecule has 0 aromatic heterocycles. The smallest absolute Gasteiger partial charge is 0.363 e. The summed E-state index contributed by atoms with van der Waals surface area (Å²) in [6.45, 7) is 20.8. The Balaban J connectivity index is 0.000000996. The summed E-state index contributed by atoms with van der Waals surface area (Å²) in [4.78, 5) is 18.8. The number of nitrogens with zero attached hydrogens (tertiary/aromatic N) is 2. The van der Waals surface area contributed by atoms with Crippen molar-refractivity contribution in [3.05, 3.63) is 69.8 Å². The molecule has 9 nitrogen and oxygen atoms in total. The Morgan fingerprint density at radius 3 is 1.60 bits per heavy atom. The number of carbonyl (C=O) groups excluding carboxylic acids is 1. The minimum absolute atomic E-state index is 0.0512. The van der Waals surface area contributed by atoms with E-state index in [0.717, 1.165) is 40.2 Å². The molecule has 3 aliphatic rings. The van der Waals surface area contributed by atoms with E-state index in [2.05, 4.69) is 82.5 Å². The first-order valence-corrected chi connectivity index (χ1v) is 16.9. The Kier molecular flexibility index (Phi) is 8.13. The van der Waals surface area contributed by atoms with Crippen LogP contribution in [0, 0.1) is 0 Å². The molecule has 1 N–H and O–H groups in total. The number of carbonyl (C=O) groups is 1. The molecule has 0 radical (unpaired) electrons. The van der Waals surface area contributed by atoms with Crippen molar-refractivity contribution in [2.75, 3.05) is 28.6 Å². The Bertz CT molecular complexity index is 1810. The second kappa shape index (κ2) is 10.7. The van der Waals surface area contributed by atoms with Gasteiger partial charge in [-0.1, -0.05) is 26.0 Å². The van der Waals surface area contributed by atoms with Gasteiger partial charge in [-0.15, -0.1) is 12.6 Å². The van der Waals surface area contributed by atoms with Gasteiger partial charge in [-0.05, 0) is 95.0 Å². The minimum atomic E-state index is -4.26. The van der Waals surface area contributed by atoms with Crippen molar-refractivity contribution in [1.82, 2.24) is 0 Å². The molecule has 232 valence electrons.